The number of hydrogen-bond donors (Lipinski definition) is 1. The molecule has 1 aromatic carbocycles. The molecule has 0 saturated heterocycles. The summed E-state index contributed by atoms with van der Waals surface area (Å²) in [6.45, 7) is 6.01. The van der Waals surface area contributed by atoms with Crippen molar-refractivity contribution in [3.8, 4) is 0 Å². The Morgan fingerprint density at radius 1 is 1.10 bits per heavy atom. The average molecular weight is 268 g/mol. The molecule has 104 valence electrons. The van der Waals surface area contributed by atoms with Crippen molar-refractivity contribution in [3.05, 3.63) is 53.3 Å². The molecule has 4 heteroatoms. The van der Waals surface area contributed by atoms with Crippen LogP contribution < -0.4 is 5.43 Å². The molecule has 0 unspecified atom stereocenters. The molecule has 1 N–H and O–H groups in total. The molecular weight excluding hydrogens is 248 g/mol. The van der Waals surface area contributed by atoms with E-state index in [1.165, 1.54) is 5.56 Å². The third-order valence-corrected chi connectivity index (χ3v) is 2.96. The molecule has 4 nitrogen and oxygen atoms in total. The molecular formula is C16H20N4. The predicted octanol–water partition coefficient (Wildman–Crippen LogP) is 3.51. The number of aromatic nitrogens is 2. The van der Waals surface area contributed by atoms with Crippen LogP contribution in [0.3, 0.4) is 0 Å². The number of hydrogen-bond acceptors (Lipinski definition) is 4. The Balaban J connectivity index is 2.07. The van der Waals surface area contributed by atoms with Crippen molar-refractivity contribution in [2.24, 2.45) is 5.10 Å². The fourth-order valence-electron chi connectivity index (χ4n) is 1.98. The summed E-state index contributed by atoms with van der Waals surface area (Å²) in [6, 6.07) is 12.3. The first-order valence-corrected chi connectivity index (χ1v) is 6.85. The second-order valence-corrected chi connectivity index (χ2v) is 4.78. The van der Waals surface area contributed by atoms with Crippen LogP contribution in [0.2, 0.25) is 0 Å². The number of nitrogens with zero attached hydrogens (tertiary/aromatic N) is 3. The second kappa shape index (κ2) is 6.80. The van der Waals surface area contributed by atoms with Gasteiger partial charge in [0.15, 0.2) is 0 Å². The molecule has 0 saturated carbocycles. The molecule has 0 aliphatic rings. The number of anilines is 1. The molecule has 0 fully saturated rings. The summed E-state index contributed by atoms with van der Waals surface area (Å²) in [5.41, 5.74) is 7.19. The van der Waals surface area contributed by atoms with Crippen LogP contribution in [0, 0.1) is 13.8 Å². The number of aryl methyl sites for hydroxylation is 2. The van der Waals surface area contributed by atoms with Gasteiger partial charge in [-0.15, -0.1) is 0 Å². The zero-order chi connectivity index (χ0) is 14.4. The Kier molecular flexibility index (Phi) is 4.82. The van der Waals surface area contributed by atoms with Crippen LogP contribution in [0.25, 0.3) is 0 Å². The van der Waals surface area contributed by atoms with Crippen LogP contribution in [0.4, 0.5) is 5.95 Å². The normalized spacial score (nSPS) is 11.4. The van der Waals surface area contributed by atoms with Gasteiger partial charge in [0.25, 0.3) is 0 Å². The smallest absolute Gasteiger partial charge is 0.243 e. The van der Waals surface area contributed by atoms with E-state index in [-0.39, 0.29) is 0 Å². The van der Waals surface area contributed by atoms with E-state index >= 15 is 0 Å². The van der Waals surface area contributed by atoms with Gasteiger partial charge < -0.3 is 0 Å². The number of hydrazone groups is 1. The highest BCUT2D eigenvalue weighted by Gasteiger charge is 2.01. The SMILES string of the molecule is CCC(Cc1ccccc1)=NNc1nc(C)cc(C)n1. The molecule has 1 aromatic heterocycles. The van der Waals surface area contributed by atoms with E-state index in [1.54, 1.807) is 0 Å². The third kappa shape index (κ3) is 4.16. The van der Waals surface area contributed by atoms with Crippen molar-refractivity contribution in [2.45, 2.75) is 33.6 Å². The summed E-state index contributed by atoms with van der Waals surface area (Å²) in [5.74, 6) is 0.557. The van der Waals surface area contributed by atoms with Crippen LogP contribution >= 0.6 is 0 Å². The first-order valence-electron chi connectivity index (χ1n) is 6.85. The van der Waals surface area contributed by atoms with Gasteiger partial charge in [0.1, 0.15) is 0 Å². The Labute approximate surface area is 120 Å². The lowest BCUT2D eigenvalue weighted by Gasteiger charge is -2.06. The molecule has 2 aromatic rings. The van der Waals surface area contributed by atoms with Gasteiger partial charge >= 0.3 is 0 Å². The Bertz CT molecular complexity index is 570. The zero-order valence-corrected chi connectivity index (χ0v) is 12.2. The number of rotatable bonds is 5. The maximum absolute atomic E-state index is 4.43. The van der Waals surface area contributed by atoms with Gasteiger partial charge in [0.2, 0.25) is 5.95 Å². The van der Waals surface area contributed by atoms with E-state index in [4.69, 9.17) is 0 Å². The molecule has 0 spiro atoms. The van der Waals surface area contributed by atoms with Crippen LogP contribution in [0.1, 0.15) is 30.3 Å². The highest BCUT2D eigenvalue weighted by molar-refractivity contribution is 5.86. The van der Waals surface area contributed by atoms with Crippen molar-refractivity contribution in [1.82, 2.24) is 9.97 Å². The van der Waals surface area contributed by atoms with E-state index in [0.29, 0.717) is 5.95 Å². The Morgan fingerprint density at radius 3 is 2.35 bits per heavy atom. The van der Waals surface area contributed by atoms with E-state index in [1.807, 2.05) is 38.1 Å². The average Bonchev–Trinajstić information content (AvgIpc) is 2.43. The summed E-state index contributed by atoms with van der Waals surface area (Å²) < 4.78 is 0. The standard InChI is InChI=1S/C16H20N4/c1-4-15(11-14-8-6-5-7-9-14)19-20-16-17-12(2)10-13(3)18-16/h5-10H,4,11H2,1-3H3,(H,17,18,20). The first-order chi connectivity index (χ1) is 9.67. The van der Waals surface area contributed by atoms with Gasteiger partial charge in [-0.1, -0.05) is 37.3 Å². The molecule has 0 aliphatic carbocycles. The summed E-state index contributed by atoms with van der Waals surface area (Å²) >= 11 is 0. The van der Waals surface area contributed by atoms with Crippen molar-refractivity contribution in [3.63, 3.8) is 0 Å². The van der Waals surface area contributed by atoms with Gasteiger partial charge in [-0.05, 0) is 31.9 Å². The van der Waals surface area contributed by atoms with Gasteiger partial charge in [0, 0.05) is 23.5 Å². The zero-order valence-electron chi connectivity index (χ0n) is 12.2. The topological polar surface area (TPSA) is 50.2 Å². The van der Waals surface area contributed by atoms with Gasteiger partial charge in [0.05, 0.1) is 0 Å². The first kappa shape index (κ1) is 14.2. The highest BCUT2D eigenvalue weighted by atomic mass is 15.4. The summed E-state index contributed by atoms with van der Waals surface area (Å²) in [5, 5.41) is 4.43. The third-order valence-electron chi connectivity index (χ3n) is 2.96. The minimum Gasteiger partial charge on any atom is -0.245 e. The molecule has 0 radical (unpaired) electrons. The van der Waals surface area contributed by atoms with Crippen LogP contribution in [0.5, 0.6) is 0 Å². The van der Waals surface area contributed by atoms with Gasteiger partial charge in [-0.3, -0.25) is 0 Å². The summed E-state index contributed by atoms with van der Waals surface area (Å²) in [6.07, 6.45) is 1.74. The Morgan fingerprint density at radius 2 is 1.75 bits per heavy atom. The summed E-state index contributed by atoms with van der Waals surface area (Å²) in [4.78, 5) is 8.64. The second-order valence-electron chi connectivity index (χ2n) is 4.78. The van der Waals surface area contributed by atoms with Crippen molar-refractivity contribution in [1.29, 1.82) is 0 Å². The predicted molar refractivity (Wildman–Crippen MR) is 83.0 cm³/mol. The molecule has 0 bridgehead atoms. The monoisotopic (exact) mass is 268 g/mol. The fourth-order valence-corrected chi connectivity index (χ4v) is 1.98. The number of benzene rings is 1. The maximum Gasteiger partial charge on any atom is 0.243 e. The van der Waals surface area contributed by atoms with Crippen molar-refractivity contribution >= 4 is 11.7 Å². The molecule has 0 aliphatic heterocycles. The van der Waals surface area contributed by atoms with Crippen LogP contribution in [-0.4, -0.2) is 15.7 Å². The summed E-state index contributed by atoms with van der Waals surface area (Å²) in [7, 11) is 0. The van der Waals surface area contributed by atoms with Gasteiger partial charge in [-0.2, -0.15) is 5.10 Å². The maximum atomic E-state index is 4.43. The van der Waals surface area contributed by atoms with Crippen LogP contribution in [0.15, 0.2) is 41.5 Å². The van der Waals surface area contributed by atoms with E-state index in [2.05, 4.69) is 39.6 Å². The highest BCUT2D eigenvalue weighted by Crippen LogP contribution is 2.06. The Hall–Kier alpha value is -2.23. The molecule has 0 atom stereocenters. The lowest BCUT2D eigenvalue weighted by molar-refractivity contribution is 1.02. The largest absolute Gasteiger partial charge is 0.245 e. The molecule has 2 rings (SSSR count). The lowest BCUT2D eigenvalue weighted by Crippen LogP contribution is -2.07. The van der Waals surface area contributed by atoms with E-state index < -0.39 is 0 Å². The lowest BCUT2D eigenvalue weighted by atomic mass is 10.1. The van der Waals surface area contributed by atoms with Crippen molar-refractivity contribution in [2.75, 3.05) is 5.43 Å². The van der Waals surface area contributed by atoms with E-state index in [9.17, 15) is 0 Å². The van der Waals surface area contributed by atoms with Gasteiger partial charge in [-0.25, -0.2) is 15.4 Å². The minimum atomic E-state index is 0.557. The quantitative estimate of drug-likeness (QED) is 0.667. The molecule has 20 heavy (non-hydrogen) atoms. The van der Waals surface area contributed by atoms with Crippen LogP contribution in [-0.2, 0) is 6.42 Å². The fraction of sp³-hybridized carbons (Fsp3) is 0.312. The minimum absolute atomic E-state index is 0.557. The number of nitrogens with one attached hydrogen (secondary N) is 1. The molecule has 1 heterocycles. The van der Waals surface area contributed by atoms with E-state index in [0.717, 1.165) is 29.9 Å². The molecule has 0 amide bonds. The van der Waals surface area contributed by atoms with Crippen molar-refractivity contribution < 1.29 is 0 Å².